The third-order valence-corrected chi connectivity index (χ3v) is 2.68. The standard InChI is InChI=1S/C9H19NO/c1-4-5-8-6-7-9(2,3)10(8)11/h8,11H,4-7H2,1-3H3. The molecule has 0 radical (unpaired) electrons. The average molecular weight is 157 g/mol. The van der Waals surface area contributed by atoms with Gasteiger partial charge in [-0.3, -0.25) is 0 Å². The van der Waals surface area contributed by atoms with Crippen molar-refractivity contribution in [1.82, 2.24) is 5.06 Å². The van der Waals surface area contributed by atoms with E-state index in [4.69, 9.17) is 0 Å². The fourth-order valence-corrected chi connectivity index (χ4v) is 1.85. The van der Waals surface area contributed by atoms with Gasteiger partial charge in [-0.25, -0.2) is 0 Å². The molecule has 0 aromatic rings. The highest BCUT2D eigenvalue weighted by Gasteiger charge is 2.37. The van der Waals surface area contributed by atoms with Gasteiger partial charge >= 0.3 is 0 Å². The van der Waals surface area contributed by atoms with Gasteiger partial charge < -0.3 is 5.21 Å². The summed E-state index contributed by atoms with van der Waals surface area (Å²) in [7, 11) is 0. The predicted molar refractivity (Wildman–Crippen MR) is 45.6 cm³/mol. The van der Waals surface area contributed by atoms with Crippen LogP contribution in [0.1, 0.15) is 46.5 Å². The van der Waals surface area contributed by atoms with E-state index in [0.717, 1.165) is 25.7 Å². The van der Waals surface area contributed by atoms with Crippen LogP contribution < -0.4 is 0 Å². The molecule has 1 rings (SSSR count). The van der Waals surface area contributed by atoms with Crippen LogP contribution in [-0.2, 0) is 0 Å². The molecule has 0 saturated carbocycles. The maximum atomic E-state index is 9.68. The fourth-order valence-electron chi connectivity index (χ4n) is 1.85. The second kappa shape index (κ2) is 3.11. The molecule has 0 spiro atoms. The maximum Gasteiger partial charge on any atom is 0.0408 e. The van der Waals surface area contributed by atoms with Gasteiger partial charge in [-0.15, -0.1) is 0 Å². The van der Waals surface area contributed by atoms with E-state index in [1.807, 2.05) is 0 Å². The molecule has 2 heteroatoms. The lowest BCUT2D eigenvalue weighted by molar-refractivity contribution is -0.165. The Kier molecular flexibility index (Phi) is 2.55. The molecule has 0 aromatic heterocycles. The molecule has 1 aliphatic rings. The summed E-state index contributed by atoms with van der Waals surface area (Å²) in [5.41, 5.74) is 0.0137. The summed E-state index contributed by atoms with van der Waals surface area (Å²) in [6.45, 7) is 6.37. The molecule has 1 heterocycles. The largest absolute Gasteiger partial charge is 0.313 e. The lowest BCUT2D eigenvalue weighted by Crippen LogP contribution is -2.39. The van der Waals surface area contributed by atoms with Crippen LogP contribution in [0.2, 0.25) is 0 Å². The number of rotatable bonds is 2. The third kappa shape index (κ3) is 1.74. The minimum Gasteiger partial charge on any atom is -0.313 e. The Morgan fingerprint density at radius 2 is 2.18 bits per heavy atom. The first kappa shape index (κ1) is 9.01. The van der Waals surface area contributed by atoms with Crippen LogP contribution >= 0.6 is 0 Å². The van der Waals surface area contributed by atoms with Gasteiger partial charge in [-0.2, -0.15) is 5.06 Å². The molecule has 0 bridgehead atoms. The SMILES string of the molecule is CCCC1CCC(C)(C)N1O. The van der Waals surface area contributed by atoms with Crippen molar-refractivity contribution < 1.29 is 5.21 Å². The summed E-state index contributed by atoms with van der Waals surface area (Å²) in [6, 6.07) is 0.412. The summed E-state index contributed by atoms with van der Waals surface area (Å²) in [5, 5.41) is 11.2. The van der Waals surface area contributed by atoms with Crippen molar-refractivity contribution in [2.75, 3.05) is 0 Å². The molecule has 1 N–H and O–H groups in total. The fraction of sp³-hybridized carbons (Fsp3) is 1.00. The normalized spacial score (nSPS) is 31.1. The van der Waals surface area contributed by atoms with Gasteiger partial charge in [0.05, 0.1) is 0 Å². The van der Waals surface area contributed by atoms with Crippen LogP contribution in [0.3, 0.4) is 0 Å². The lowest BCUT2D eigenvalue weighted by Gasteiger charge is -2.29. The first-order chi connectivity index (χ1) is 5.08. The van der Waals surface area contributed by atoms with E-state index in [2.05, 4.69) is 20.8 Å². The third-order valence-electron chi connectivity index (χ3n) is 2.68. The zero-order valence-electron chi connectivity index (χ0n) is 7.80. The quantitative estimate of drug-likeness (QED) is 0.665. The second-order valence-electron chi connectivity index (χ2n) is 4.14. The Labute approximate surface area is 69.2 Å². The lowest BCUT2D eigenvalue weighted by atomic mass is 10.0. The molecule has 66 valence electrons. The number of nitrogens with zero attached hydrogens (tertiary/aromatic N) is 1. The van der Waals surface area contributed by atoms with Gasteiger partial charge in [-0.05, 0) is 33.1 Å². The molecule has 0 aliphatic carbocycles. The molecule has 1 aliphatic heterocycles. The molecular formula is C9H19NO. The molecule has 1 fully saturated rings. The van der Waals surface area contributed by atoms with E-state index in [1.54, 1.807) is 5.06 Å². The Balaban J connectivity index is 2.49. The van der Waals surface area contributed by atoms with Crippen LogP contribution in [0.4, 0.5) is 0 Å². The van der Waals surface area contributed by atoms with Crippen molar-refractivity contribution >= 4 is 0 Å². The van der Waals surface area contributed by atoms with Crippen molar-refractivity contribution in [3.05, 3.63) is 0 Å². The van der Waals surface area contributed by atoms with E-state index >= 15 is 0 Å². The zero-order valence-corrected chi connectivity index (χ0v) is 7.80. The van der Waals surface area contributed by atoms with Crippen molar-refractivity contribution in [3.8, 4) is 0 Å². The van der Waals surface area contributed by atoms with Gasteiger partial charge in [0.2, 0.25) is 0 Å². The van der Waals surface area contributed by atoms with Crippen molar-refractivity contribution in [1.29, 1.82) is 0 Å². The summed E-state index contributed by atoms with van der Waals surface area (Å²) in [6.07, 6.45) is 4.56. The number of hydrogen-bond acceptors (Lipinski definition) is 2. The predicted octanol–water partition coefficient (Wildman–Crippen LogP) is 2.42. The second-order valence-corrected chi connectivity index (χ2v) is 4.14. The van der Waals surface area contributed by atoms with Gasteiger partial charge in [-0.1, -0.05) is 13.3 Å². The monoisotopic (exact) mass is 157 g/mol. The Bertz CT molecular complexity index is 134. The molecule has 1 saturated heterocycles. The van der Waals surface area contributed by atoms with Crippen LogP contribution in [0.5, 0.6) is 0 Å². The average Bonchev–Trinajstić information content (AvgIpc) is 2.17. The van der Waals surface area contributed by atoms with Crippen LogP contribution in [0.15, 0.2) is 0 Å². The summed E-state index contributed by atoms with van der Waals surface area (Å²) in [4.78, 5) is 0. The molecule has 0 amide bonds. The summed E-state index contributed by atoms with van der Waals surface area (Å²) in [5.74, 6) is 0. The van der Waals surface area contributed by atoms with Crippen molar-refractivity contribution in [2.45, 2.75) is 58.0 Å². The van der Waals surface area contributed by atoms with Gasteiger partial charge in [0, 0.05) is 11.6 Å². The Morgan fingerprint density at radius 1 is 1.55 bits per heavy atom. The van der Waals surface area contributed by atoms with E-state index in [-0.39, 0.29) is 5.54 Å². The van der Waals surface area contributed by atoms with Crippen molar-refractivity contribution in [3.63, 3.8) is 0 Å². The first-order valence-electron chi connectivity index (χ1n) is 4.56. The molecule has 1 atom stereocenters. The molecule has 0 aromatic carbocycles. The highest BCUT2D eigenvalue weighted by atomic mass is 16.5. The van der Waals surface area contributed by atoms with E-state index < -0.39 is 0 Å². The zero-order chi connectivity index (χ0) is 8.48. The van der Waals surface area contributed by atoms with Gasteiger partial charge in [0.25, 0.3) is 0 Å². The van der Waals surface area contributed by atoms with E-state index in [1.165, 1.54) is 0 Å². The molecule has 11 heavy (non-hydrogen) atoms. The van der Waals surface area contributed by atoms with Crippen LogP contribution in [0, 0.1) is 0 Å². The van der Waals surface area contributed by atoms with Crippen LogP contribution in [0.25, 0.3) is 0 Å². The molecule has 2 nitrogen and oxygen atoms in total. The van der Waals surface area contributed by atoms with Crippen LogP contribution in [-0.4, -0.2) is 21.9 Å². The minimum absolute atomic E-state index is 0.0137. The maximum absolute atomic E-state index is 9.68. The highest BCUT2D eigenvalue weighted by Crippen LogP contribution is 2.33. The van der Waals surface area contributed by atoms with E-state index in [9.17, 15) is 5.21 Å². The van der Waals surface area contributed by atoms with Gasteiger partial charge in [0.15, 0.2) is 0 Å². The molecule has 1 unspecified atom stereocenters. The Hall–Kier alpha value is -0.0800. The van der Waals surface area contributed by atoms with E-state index in [0.29, 0.717) is 6.04 Å². The Morgan fingerprint density at radius 3 is 2.55 bits per heavy atom. The van der Waals surface area contributed by atoms with Crippen molar-refractivity contribution in [2.24, 2.45) is 0 Å². The topological polar surface area (TPSA) is 23.5 Å². The highest BCUT2D eigenvalue weighted by molar-refractivity contribution is 4.89. The summed E-state index contributed by atoms with van der Waals surface area (Å²) >= 11 is 0. The van der Waals surface area contributed by atoms with Gasteiger partial charge in [0.1, 0.15) is 0 Å². The number of hydrogen-bond donors (Lipinski definition) is 1. The minimum atomic E-state index is 0.0137. The molecular weight excluding hydrogens is 138 g/mol. The first-order valence-corrected chi connectivity index (χ1v) is 4.56. The smallest absolute Gasteiger partial charge is 0.0408 e. The number of hydroxylamine groups is 2. The summed E-state index contributed by atoms with van der Waals surface area (Å²) < 4.78 is 0.